The Kier molecular flexibility index (Phi) is 5.17. The molecule has 0 spiro atoms. The van der Waals surface area contributed by atoms with Gasteiger partial charge in [0, 0.05) is 11.6 Å². The molecule has 1 aliphatic rings. The summed E-state index contributed by atoms with van der Waals surface area (Å²) in [6.45, 7) is 3.91. The van der Waals surface area contributed by atoms with Crippen molar-refractivity contribution in [2.45, 2.75) is 20.4 Å². The highest BCUT2D eigenvalue weighted by Crippen LogP contribution is 2.27. The quantitative estimate of drug-likeness (QED) is 0.510. The summed E-state index contributed by atoms with van der Waals surface area (Å²) in [7, 11) is 0. The van der Waals surface area contributed by atoms with Crippen LogP contribution in [-0.2, 0) is 11.3 Å². The molecule has 1 saturated heterocycles. The van der Waals surface area contributed by atoms with Crippen LogP contribution in [0.2, 0.25) is 0 Å². The number of nitrogens with zero attached hydrogens (tertiary/aromatic N) is 1. The number of carboxylic acids is 1. The third kappa shape index (κ3) is 4.11. The summed E-state index contributed by atoms with van der Waals surface area (Å²) in [5, 5.41) is 13.6. The smallest absolute Gasteiger partial charge is 0.329 e. The van der Waals surface area contributed by atoms with Crippen LogP contribution in [0.25, 0.3) is 17.4 Å². The van der Waals surface area contributed by atoms with E-state index in [0.717, 1.165) is 21.6 Å². The lowest BCUT2D eigenvalue weighted by molar-refractivity contribution is -0.255. The van der Waals surface area contributed by atoms with Gasteiger partial charge < -0.3 is 19.6 Å². The van der Waals surface area contributed by atoms with Crippen LogP contribution in [0, 0.1) is 13.8 Å². The van der Waals surface area contributed by atoms with Crippen molar-refractivity contribution in [3.05, 3.63) is 88.3 Å². The lowest BCUT2D eigenvalue weighted by Gasteiger charge is -2.11. The highest BCUT2D eigenvalue weighted by Gasteiger charge is 2.33. The summed E-state index contributed by atoms with van der Waals surface area (Å²) >= 11 is 0. The third-order valence-electron chi connectivity index (χ3n) is 5.06. The highest BCUT2D eigenvalue weighted by molar-refractivity contribution is 6.13. The summed E-state index contributed by atoms with van der Waals surface area (Å²) < 4.78 is 5.80. The van der Waals surface area contributed by atoms with Crippen molar-refractivity contribution in [1.29, 1.82) is 0 Å². The number of hydrogen-bond donors (Lipinski definition) is 1. The normalized spacial score (nSPS) is 14.9. The molecule has 7 heteroatoms. The maximum absolute atomic E-state index is 12.7. The Balaban J connectivity index is 1.54. The van der Waals surface area contributed by atoms with Gasteiger partial charge in [-0.2, -0.15) is 0 Å². The lowest BCUT2D eigenvalue weighted by Crippen LogP contribution is -2.30. The topological polar surface area (TPSA) is 103 Å². The number of furan rings is 1. The van der Waals surface area contributed by atoms with Gasteiger partial charge in [-0.3, -0.25) is 9.69 Å². The van der Waals surface area contributed by atoms with Gasteiger partial charge in [0.05, 0.1) is 12.5 Å². The Hall–Kier alpha value is -4.13. The van der Waals surface area contributed by atoms with E-state index >= 15 is 0 Å². The molecule has 0 unspecified atom stereocenters. The van der Waals surface area contributed by atoms with Crippen molar-refractivity contribution >= 4 is 24.0 Å². The molecular formula is C24H19N2O5-. The zero-order valence-electron chi connectivity index (χ0n) is 17.0. The molecule has 4 rings (SSSR count). The van der Waals surface area contributed by atoms with Gasteiger partial charge in [-0.25, -0.2) is 4.79 Å². The summed E-state index contributed by atoms with van der Waals surface area (Å²) in [5.74, 6) is -0.773. The molecule has 31 heavy (non-hydrogen) atoms. The second-order valence-corrected chi connectivity index (χ2v) is 7.38. The molecule has 0 radical (unpaired) electrons. The van der Waals surface area contributed by atoms with E-state index in [1.807, 2.05) is 31.2 Å². The first-order chi connectivity index (χ1) is 14.8. The van der Waals surface area contributed by atoms with Gasteiger partial charge in [0.2, 0.25) is 0 Å². The Labute approximate surface area is 178 Å². The molecule has 3 amide bonds. The molecular weight excluding hydrogens is 396 g/mol. The molecule has 3 aromatic rings. The Bertz CT molecular complexity index is 1220. The van der Waals surface area contributed by atoms with E-state index < -0.39 is 17.9 Å². The Morgan fingerprint density at radius 1 is 1.06 bits per heavy atom. The largest absolute Gasteiger partial charge is 0.545 e. The third-order valence-corrected chi connectivity index (χ3v) is 5.06. The fraction of sp³-hybridized carbons (Fsp3) is 0.125. The fourth-order valence-corrected chi connectivity index (χ4v) is 3.38. The van der Waals surface area contributed by atoms with E-state index in [4.69, 9.17) is 4.42 Å². The van der Waals surface area contributed by atoms with Gasteiger partial charge in [-0.05, 0) is 48.7 Å². The number of rotatable bonds is 5. The van der Waals surface area contributed by atoms with Crippen molar-refractivity contribution in [2.24, 2.45) is 0 Å². The molecule has 0 atom stereocenters. The standard InChI is InChI=1S/C24H20N2O5/c1-14-3-5-16(6-4-14)13-26-22(27)20(25-24(26)30)12-18-8-10-21(31-18)19-9-7-17(23(28)29)11-15(19)2/h3-12H,13H2,1-2H3,(H,25,30)(H,28,29)/p-1/b20-12+. The number of urea groups is 1. The molecule has 2 aromatic carbocycles. The average Bonchev–Trinajstić information content (AvgIpc) is 3.29. The fourth-order valence-electron chi connectivity index (χ4n) is 3.38. The first-order valence-corrected chi connectivity index (χ1v) is 9.64. The predicted molar refractivity (Wildman–Crippen MR) is 111 cm³/mol. The van der Waals surface area contributed by atoms with Crippen LogP contribution in [0.15, 0.2) is 64.7 Å². The van der Waals surface area contributed by atoms with Crippen molar-refractivity contribution in [2.75, 3.05) is 0 Å². The number of nitrogens with one attached hydrogen (secondary N) is 1. The molecule has 0 bridgehead atoms. The average molecular weight is 415 g/mol. The van der Waals surface area contributed by atoms with Crippen molar-refractivity contribution in [3.8, 4) is 11.3 Å². The molecule has 1 aromatic heterocycles. The molecule has 1 aliphatic heterocycles. The summed E-state index contributed by atoms with van der Waals surface area (Å²) in [6, 6.07) is 15.1. The Morgan fingerprint density at radius 3 is 2.48 bits per heavy atom. The second-order valence-electron chi connectivity index (χ2n) is 7.38. The first kappa shape index (κ1) is 20.2. The monoisotopic (exact) mass is 415 g/mol. The summed E-state index contributed by atoms with van der Waals surface area (Å²) in [6.07, 6.45) is 1.48. The van der Waals surface area contributed by atoms with E-state index in [1.165, 1.54) is 18.2 Å². The molecule has 2 heterocycles. The number of aromatic carboxylic acids is 1. The van der Waals surface area contributed by atoms with Crippen LogP contribution in [0.1, 0.15) is 32.8 Å². The highest BCUT2D eigenvalue weighted by atomic mass is 16.4. The Morgan fingerprint density at radius 2 is 1.81 bits per heavy atom. The number of carboxylic acid groups (broad SMARTS) is 1. The van der Waals surface area contributed by atoms with E-state index in [1.54, 1.807) is 25.1 Å². The number of benzene rings is 2. The summed E-state index contributed by atoms with van der Waals surface area (Å²) in [5.41, 5.74) is 3.60. The summed E-state index contributed by atoms with van der Waals surface area (Å²) in [4.78, 5) is 37.1. The van der Waals surface area contributed by atoms with Crippen molar-refractivity contribution in [3.63, 3.8) is 0 Å². The van der Waals surface area contributed by atoms with Gasteiger partial charge in [0.15, 0.2) is 0 Å². The number of carbonyl (C=O) groups is 3. The minimum atomic E-state index is -1.25. The van der Waals surface area contributed by atoms with E-state index in [0.29, 0.717) is 17.1 Å². The van der Waals surface area contributed by atoms with E-state index in [-0.39, 0.29) is 17.8 Å². The van der Waals surface area contributed by atoms with Gasteiger partial charge in [0.1, 0.15) is 17.2 Å². The number of imide groups is 1. The molecule has 1 N–H and O–H groups in total. The maximum Gasteiger partial charge on any atom is 0.329 e. The lowest BCUT2D eigenvalue weighted by atomic mass is 10.0. The van der Waals surface area contributed by atoms with Crippen LogP contribution in [0.5, 0.6) is 0 Å². The van der Waals surface area contributed by atoms with Gasteiger partial charge in [-0.1, -0.05) is 42.0 Å². The molecule has 0 saturated carbocycles. The second kappa shape index (κ2) is 7.95. The molecule has 1 fully saturated rings. The minimum absolute atomic E-state index is 0.0862. The predicted octanol–water partition coefficient (Wildman–Crippen LogP) is 3.02. The molecule has 156 valence electrons. The van der Waals surface area contributed by atoms with Gasteiger partial charge in [-0.15, -0.1) is 0 Å². The van der Waals surface area contributed by atoms with Crippen LogP contribution >= 0.6 is 0 Å². The number of aryl methyl sites for hydroxylation is 2. The van der Waals surface area contributed by atoms with Crippen LogP contribution in [-0.4, -0.2) is 22.8 Å². The van der Waals surface area contributed by atoms with Crippen molar-refractivity contribution in [1.82, 2.24) is 10.2 Å². The maximum atomic E-state index is 12.7. The van der Waals surface area contributed by atoms with Crippen LogP contribution in [0.4, 0.5) is 4.79 Å². The molecule has 0 aliphatic carbocycles. The van der Waals surface area contributed by atoms with Crippen LogP contribution in [0.3, 0.4) is 0 Å². The van der Waals surface area contributed by atoms with E-state index in [9.17, 15) is 19.5 Å². The van der Waals surface area contributed by atoms with Gasteiger partial charge >= 0.3 is 6.03 Å². The number of carbonyl (C=O) groups excluding carboxylic acids is 3. The SMILES string of the molecule is Cc1ccc(CN2C(=O)N/C(=C/c3ccc(-c4ccc(C(=O)[O-])cc4C)o3)C2=O)cc1. The number of amides is 3. The molecule has 7 nitrogen and oxygen atoms in total. The zero-order valence-corrected chi connectivity index (χ0v) is 17.0. The first-order valence-electron chi connectivity index (χ1n) is 9.64. The minimum Gasteiger partial charge on any atom is -0.545 e. The van der Waals surface area contributed by atoms with Gasteiger partial charge in [0.25, 0.3) is 5.91 Å². The zero-order chi connectivity index (χ0) is 22.1. The van der Waals surface area contributed by atoms with Crippen LogP contribution < -0.4 is 10.4 Å². The number of hydrogen-bond acceptors (Lipinski definition) is 5. The van der Waals surface area contributed by atoms with E-state index in [2.05, 4.69) is 5.32 Å². The van der Waals surface area contributed by atoms with Crippen molar-refractivity contribution < 1.29 is 23.9 Å².